The predicted octanol–water partition coefficient (Wildman–Crippen LogP) is 3.48. The highest BCUT2D eigenvalue weighted by atomic mass is 79.9. The Balaban J connectivity index is 2.95. The third kappa shape index (κ3) is 4.58. The SMILES string of the molecule is CCCc1ccc(S(=O)(=O)NC(C)(C)C(C)Br)cc1. The van der Waals surface area contributed by atoms with Crippen LogP contribution in [0.25, 0.3) is 0 Å². The van der Waals surface area contributed by atoms with Gasteiger partial charge in [-0.15, -0.1) is 0 Å². The average molecular weight is 348 g/mol. The normalized spacial score (nSPS) is 14.4. The molecule has 0 aromatic heterocycles. The van der Waals surface area contributed by atoms with Crippen LogP contribution >= 0.6 is 15.9 Å². The molecule has 0 heterocycles. The van der Waals surface area contributed by atoms with E-state index in [0.29, 0.717) is 4.90 Å². The van der Waals surface area contributed by atoms with Gasteiger partial charge in [-0.25, -0.2) is 13.1 Å². The zero-order valence-electron chi connectivity index (χ0n) is 11.9. The van der Waals surface area contributed by atoms with Crippen LogP contribution in [-0.2, 0) is 16.4 Å². The number of rotatable bonds is 6. The van der Waals surface area contributed by atoms with Crippen LogP contribution in [0.4, 0.5) is 0 Å². The first kappa shape index (κ1) is 16.7. The summed E-state index contributed by atoms with van der Waals surface area (Å²) < 4.78 is 27.3. The quantitative estimate of drug-likeness (QED) is 0.800. The summed E-state index contributed by atoms with van der Waals surface area (Å²) in [6, 6.07) is 7.09. The van der Waals surface area contributed by atoms with Gasteiger partial charge in [-0.05, 0) is 38.0 Å². The summed E-state index contributed by atoms with van der Waals surface area (Å²) in [7, 11) is -3.47. The van der Waals surface area contributed by atoms with E-state index in [1.807, 2.05) is 32.9 Å². The molecule has 0 saturated carbocycles. The molecule has 1 atom stereocenters. The lowest BCUT2D eigenvalue weighted by Gasteiger charge is -2.28. The van der Waals surface area contributed by atoms with Crippen molar-refractivity contribution in [2.45, 2.75) is 55.8 Å². The second-order valence-electron chi connectivity index (χ2n) is 5.34. The van der Waals surface area contributed by atoms with Gasteiger partial charge in [0.1, 0.15) is 0 Å². The zero-order chi connectivity index (χ0) is 14.7. The Bertz CT molecular complexity index is 507. The summed E-state index contributed by atoms with van der Waals surface area (Å²) in [6.45, 7) is 7.74. The van der Waals surface area contributed by atoms with Gasteiger partial charge in [0.05, 0.1) is 4.90 Å². The molecule has 0 amide bonds. The number of alkyl halides is 1. The fourth-order valence-electron chi connectivity index (χ4n) is 1.61. The summed E-state index contributed by atoms with van der Waals surface area (Å²) in [6.07, 6.45) is 2.02. The molecule has 0 radical (unpaired) electrons. The minimum absolute atomic E-state index is 0.0362. The van der Waals surface area contributed by atoms with Crippen LogP contribution in [0.3, 0.4) is 0 Å². The van der Waals surface area contributed by atoms with Crippen molar-refractivity contribution >= 4 is 26.0 Å². The molecule has 19 heavy (non-hydrogen) atoms. The van der Waals surface area contributed by atoms with Gasteiger partial charge in [-0.1, -0.05) is 48.3 Å². The standard InChI is InChI=1S/C14H22BrNO2S/c1-5-6-12-7-9-13(10-8-12)19(17,18)16-14(3,4)11(2)15/h7-11,16H,5-6H2,1-4H3. The molecular weight excluding hydrogens is 326 g/mol. The lowest BCUT2D eigenvalue weighted by atomic mass is 10.0. The molecule has 5 heteroatoms. The maximum absolute atomic E-state index is 12.3. The molecule has 1 aromatic rings. The van der Waals surface area contributed by atoms with Gasteiger partial charge < -0.3 is 0 Å². The molecule has 0 saturated heterocycles. The van der Waals surface area contributed by atoms with Crippen LogP contribution < -0.4 is 4.72 Å². The number of hydrogen-bond acceptors (Lipinski definition) is 2. The fourth-order valence-corrected chi connectivity index (χ4v) is 3.36. The summed E-state index contributed by atoms with van der Waals surface area (Å²) in [5.41, 5.74) is 0.621. The largest absolute Gasteiger partial charge is 0.241 e. The molecule has 1 N–H and O–H groups in total. The van der Waals surface area contributed by atoms with Crippen molar-refractivity contribution in [1.82, 2.24) is 4.72 Å². The maximum Gasteiger partial charge on any atom is 0.241 e. The number of halogens is 1. The van der Waals surface area contributed by atoms with Crippen LogP contribution in [0.2, 0.25) is 0 Å². The smallest absolute Gasteiger partial charge is 0.207 e. The first-order valence-corrected chi connectivity index (χ1v) is 8.86. The molecule has 1 rings (SSSR count). The number of sulfonamides is 1. The Morgan fingerprint density at radius 2 is 1.79 bits per heavy atom. The van der Waals surface area contributed by atoms with Crippen LogP contribution in [0, 0.1) is 0 Å². The van der Waals surface area contributed by atoms with Crippen LogP contribution in [0.1, 0.15) is 39.7 Å². The summed E-state index contributed by atoms with van der Waals surface area (Å²) in [4.78, 5) is 0.350. The Morgan fingerprint density at radius 1 is 1.26 bits per heavy atom. The highest BCUT2D eigenvalue weighted by Crippen LogP contribution is 2.21. The lowest BCUT2D eigenvalue weighted by Crippen LogP contribution is -2.48. The van der Waals surface area contributed by atoms with E-state index in [0.717, 1.165) is 18.4 Å². The van der Waals surface area contributed by atoms with Crippen molar-refractivity contribution in [1.29, 1.82) is 0 Å². The molecule has 0 fully saturated rings. The van der Waals surface area contributed by atoms with Gasteiger partial charge in [0.25, 0.3) is 0 Å². The molecule has 3 nitrogen and oxygen atoms in total. The number of nitrogens with one attached hydrogen (secondary N) is 1. The second-order valence-corrected chi connectivity index (χ2v) is 8.39. The van der Waals surface area contributed by atoms with E-state index in [1.54, 1.807) is 12.1 Å². The van der Waals surface area contributed by atoms with Crippen LogP contribution in [0.5, 0.6) is 0 Å². The Hall–Kier alpha value is -0.390. The predicted molar refractivity (Wildman–Crippen MR) is 83.2 cm³/mol. The third-order valence-electron chi connectivity index (χ3n) is 3.16. The first-order chi connectivity index (χ1) is 8.69. The minimum Gasteiger partial charge on any atom is -0.207 e. The highest BCUT2D eigenvalue weighted by Gasteiger charge is 2.29. The van der Waals surface area contributed by atoms with E-state index in [1.165, 1.54) is 0 Å². The Labute approximate surface area is 125 Å². The van der Waals surface area contributed by atoms with Crippen molar-refractivity contribution in [3.8, 4) is 0 Å². The molecule has 0 spiro atoms. The molecule has 1 unspecified atom stereocenters. The molecule has 0 bridgehead atoms. The molecule has 108 valence electrons. The van der Waals surface area contributed by atoms with Crippen molar-refractivity contribution in [3.63, 3.8) is 0 Å². The van der Waals surface area contributed by atoms with Crippen molar-refractivity contribution < 1.29 is 8.42 Å². The fraction of sp³-hybridized carbons (Fsp3) is 0.571. The lowest BCUT2D eigenvalue weighted by molar-refractivity contribution is 0.454. The van der Waals surface area contributed by atoms with Gasteiger partial charge in [0, 0.05) is 10.4 Å². The Morgan fingerprint density at radius 3 is 2.21 bits per heavy atom. The summed E-state index contributed by atoms with van der Waals surface area (Å²) in [5, 5.41) is 0. The maximum atomic E-state index is 12.3. The molecular formula is C14H22BrNO2S. The van der Waals surface area contributed by atoms with Gasteiger partial charge >= 0.3 is 0 Å². The molecule has 0 aliphatic heterocycles. The van der Waals surface area contributed by atoms with Gasteiger partial charge in [-0.3, -0.25) is 0 Å². The Kier molecular flexibility index (Phi) is 5.59. The topological polar surface area (TPSA) is 46.2 Å². The number of benzene rings is 1. The van der Waals surface area contributed by atoms with Gasteiger partial charge in [-0.2, -0.15) is 0 Å². The van der Waals surface area contributed by atoms with E-state index in [4.69, 9.17) is 0 Å². The van der Waals surface area contributed by atoms with E-state index in [2.05, 4.69) is 27.6 Å². The van der Waals surface area contributed by atoms with Crippen molar-refractivity contribution in [3.05, 3.63) is 29.8 Å². The minimum atomic E-state index is -3.47. The van der Waals surface area contributed by atoms with E-state index in [9.17, 15) is 8.42 Å². The van der Waals surface area contributed by atoms with Gasteiger partial charge in [0.15, 0.2) is 0 Å². The number of hydrogen-bond donors (Lipinski definition) is 1. The summed E-state index contributed by atoms with van der Waals surface area (Å²) in [5.74, 6) is 0. The monoisotopic (exact) mass is 347 g/mol. The van der Waals surface area contributed by atoms with Crippen molar-refractivity contribution in [2.24, 2.45) is 0 Å². The highest BCUT2D eigenvalue weighted by molar-refractivity contribution is 9.09. The summed E-state index contributed by atoms with van der Waals surface area (Å²) >= 11 is 3.43. The molecule has 1 aromatic carbocycles. The zero-order valence-corrected chi connectivity index (χ0v) is 14.3. The number of aryl methyl sites for hydroxylation is 1. The second kappa shape index (κ2) is 6.37. The third-order valence-corrected chi connectivity index (χ3v) is 6.00. The average Bonchev–Trinajstić information content (AvgIpc) is 2.28. The van der Waals surface area contributed by atoms with Crippen molar-refractivity contribution in [2.75, 3.05) is 0 Å². The van der Waals surface area contributed by atoms with E-state index < -0.39 is 15.6 Å². The molecule has 0 aliphatic rings. The first-order valence-electron chi connectivity index (χ1n) is 6.46. The van der Waals surface area contributed by atoms with E-state index in [-0.39, 0.29) is 4.83 Å². The van der Waals surface area contributed by atoms with Gasteiger partial charge in [0.2, 0.25) is 10.0 Å². The van der Waals surface area contributed by atoms with Crippen LogP contribution in [-0.4, -0.2) is 18.8 Å². The van der Waals surface area contributed by atoms with E-state index >= 15 is 0 Å². The molecule has 0 aliphatic carbocycles. The van der Waals surface area contributed by atoms with Crippen LogP contribution in [0.15, 0.2) is 29.2 Å².